The van der Waals surface area contributed by atoms with E-state index in [4.69, 9.17) is 10.5 Å². The third-order valence-electron chi connectivity index (χ3n) is 2.16. The van der Waals surface area contributed by atoms with E-state index in [1.54, 1.807) is 0 Å². The molecule has 0 aromatic rings. The molecule has 90 valence electrons. The second-order valence-electron chi connectivity index (χ2n) is 4.35. The van der Waals surface area contributed by atoms with Crippen molar-refractivity contribution in [3.05, 3.63) is 0 Å². The molecule has 0 saturated heterocycles. The van der Waals surface area contributed by atoms with E-state index >= 15 is 0 Å². The van der Waals surface area contributed by atoms with Gasteiger partial charge in [-0.25, -0.2) is 0 Å². The topological polar surface area (TPSA) is 64.3 Å². The van der Waals surface area contributed by atoms with Crippen LogP contribution in [0.2, 0.25) is 0 Å². The molecule has 4 nitrogen and oxygen atoms in total. The van der Waals surface area contributed by atoms with Crippen LogP contribution in [0.4, 0.5) is 0 Å². The van der Waals surface area contributed by atoms with Crippen molar-refractivity contribution < 1.29 is 9.53 Å². The Labute approximate surface area is 92.6 Å². The molecular formula is C11H24N2O2. The van der Waals surface area contributed by atoms with Crippen LogP contribution < -0.4 is 11.1 Å². The van der Waals surface area contributed by atoms with E-state index < -0.39 is 5.91 Å². The number of hydrogen-bond donors (Lipinski definition) is 2. The molecule has 0 fully saturated rings. The summed E-state index contributed by atoms with van der Waals surface area (Å²) in [5, 5.41) is 3.33. The van der Waals surface area contributed by atoms with Crippen LogP contribution in [-0.4, -0.2) is 31.7 Å². The molecule has 1 unspecified atom stereocenters. The molecule has 0 heterocycles. The molecule has 0 aliphatic carbocycles. The lowest BCUT2D eigenvalue weighted by Crippen LogP contribution is -2.30. The van der Waals surface area contributed by atoms with E-state index in [1.165, 1.54) is 12.8 Å². The van der Waals surface area contributed by atoms with Gasteiger partial charge in [0.05, 0.1) is 6.61 Å². The van der Waals surface area contributed by atoms with Gasteiger partial charge >= 0.3 is 0 Å². The first-order valence-electron chi connectivity index (χ1n) is 5.61. The van der Waals surface area contributed by atoms with Crippen LogP contribution in [0.3, 0.4) is 0 Å². The quantitative estimate of drug-likeness (QED) is 0.563. The second kappa shape index (κ2) is 8.68. The highest BCUT2D eigenvalue weighted by Gasteiger charge is 2.02. The van der Waals surface area contributed by atoms with Crippen molar-refractivity contribution in [3.8, 4) is 0 Å². The third kappa shape index (κ3) is 11.3. The third-order valence-corrected chi connectivity index (χ3v) is 2.16. The van der Waals surface area contributed by atoms with Crippen molar-refractivity contribution in [1.82, 2.24) is 5.32 Å². The molecule has 0 aromatic heterocycles. The maximum Gasteiger partial charge on any atom is 0.243 e. The SMILES string of the molecule is CC(C)CCC(C)NCCOCC(N)=O. The molecule has 0 bridgehead atoms. The minimum Gasteiger partial charge on any atom is -0.370 e. The summed E-state index contributed by atoms with van der Waals surface area (Å²) in [5.74, 6) is 0.336. The Morgan fingerprint density at radius 1 is 1.33 bits per heavy atom. The van der Waals surface area contributed by atoms with Crippen molar-refractivity contribution in [3.63, 3.8) is 0 Å². The summed E-state index contributed by atoms with van der Waals surface area (Å²) in [6.07, 6.45) is 2.41. The van der Waals surface area contributed by atoms with Gasteiger partial charge in [-0.1, -0.05) is 13.8 Å². The number of primary amides is 1. The highest BCUT2D eigenvalue weighted by molar-refractivity contribution is 5.74. The molecule has 0 aliphatic rings. The average molecular weight is 216 g/mol. The van der Waals surface area contributed by atoms with Gasteiger partial charge in [0, 0.05) is 12.6 Å². The number of amides is 1. The summed E-state index contributed by atoms with van der Waals surface area (Å²) in [5.41, 5.74) is 4.93. The summed E-state index contributed by atoms with van der Waals surface area (Å²) >= 11 is 0. The number of carbonyl (C=O) groups is 1. The zero-order valence-corrected chi connectivity index (χ0v) is 10.1. The monoisotopic (exact) mass is 216 g/mol. The molecule has 4 heteroatoms. The first kappa shape index (κ1) is 14.4. The average Bonchev–Trinajstić information content (AvgIpc) is 2.13. The summed E-state index contributed by atoms with van der Waals surface area (Å²) < 4.78 is 5.03. The number of nitrogens with two attached hydrogens (primary N) is 1. The maximum atomic E-state index is 10.4. The molecule has 0 rings (SSSR count). The summed E-state index contributed by atoms with van der Waals surface area (Å²) in [4.78, 5) is 10.4. The highest BCUT2D eigenvalue weighted by atomic mass is 16.5. The van der Waals surface area contributed by atoms with Crippen molar-refractivity contribution in [2.24, 2.45) is 11.7 Å². The van der Waals surface area contributed by atoms with Crippen LogP contribution in [0.15, 0.2) is 0 Å². The van der Waals surface area contributed by atoms with Gasteiger partial charge in [0.1, 0.15) is 6.61 Å². The summed E-state index contributed by atoms with van der Waals surface area (Å²) in [6.45, 7) is 7.94. The molecule has 0 saturated carbocycles. The predicted octanol–water partition coefficient (Wildman–Crippen LogP) is 0.903. The molecule has 3 N–H and O–H groups in total. The first-order valence-corrected chi connectivity index (χ1v) is 5.61. The number of ether oxygens (including phenoxy) is 1. The molecule has 0 radical (unpaired) electrons. The Morgan fingerprint density at radius 3 is 2.53 bits per heavy atom. The van der Waals surface area contributed by atoms with E-state index in [-0.39, 0.29) is 6.61 Å². The van der Waals surface area contributed by atoms with Gasteiger partial charge in [0.2, 0.25) is 5.91 Å². The molecule has 0 spiro atoms. The number of hydrogen-bond acceptors (Lipinski definition) is 3. The van der Waals surface area contributed by atoms with Crippen molar-refractivity contribution >= 4 is 5.91 Å². The fourth-order valence-corrected chi connectivity index (χ4v) is 1.24. The van der Waals surface area contributed by atoms with Gasteiger partial charge in [-0.05, 0) is 25.7 Å². The van der Waals surface area contributed by atoms with E-state index in [2.05, 4.69) is 26.1 Å². The minimum absolute atomic E-state index is 0.0159. The van der Waals surface area contributed by atoms with Gasteiger partial charge in [-0.3, -0.25) is 4.79 Å². The largest absolute Gasteiger partial charge is 0.370 e. The van der Waals surface area contributed by atoms with E-state index in [9.17, 15) is 4.79 Å². The fraction of sp³-hybridized carbons (Fsp3) is 0.909. The lowest BCUT2D eigenvalue weighted by Gasteiger charge is -2.14. The van der Waals surface area contributed by atoms with Gasteiger partial charge in [0.15, 0.2) is 0 Å². The number of carbonyl (C=O) groups excluding carboxylic acids is 1. The van der Waals surface area contributed by atoms with E-state index in [0.29, 0.717) is 12.6 Å². The zero-order valence-electron chi connectivity index (χ0n) is 10.1. The van der Waals surface area contributed by atoms with E-state index in [0.717, 1.165) is 12.5 Å². The van der Waals surface area contributed by atoms with Crippen molar-refractivity contribution in [2.75, 3.05) is 19.8 Å². The normalized spacial score (nSPS) is 13.1. The lowest BCUT2D eigenvalue weighted by atomic mass is 10.0. The summed E-state index contributed by atoms with van der Waals surface area (Å²) in [7, 11) is 0. The molecule has 0 aliphatic heterocycles. The van der Waals surface area contributed by atoms with Crippen LogP contribution in [0.1, 0.15) is 33.6 Å². The Bertz CT molecular complexity index is 172. The Morgan fingerprint density at radius 2 is 2.00 bits per heavy atom. The maximum absolute atomic E-state index is 10.4. The molecule has 1 atom stereocenters. The van der Waals surface area contributed by atoms with Gasteiger partial charge in [0.25, 0.3) is 0 Å². The fourth-order valence-electron chi connectivity index (χ4n) is 1.24. The molecule has 15 heavy (non-hydrogen) atoms. The minimum atomic E-state index is -0.414. The highest BCUT2D eigenvalue weighted by Crippen LogP contribution is 2.05. The van der Waals surface area contributed by atoms with E-state index in [1.807, 2.05) is 0 Å². The molecule has 1 amide bonds. The first-order chi connectivity index (χ1) is 7.02. The van der Waals surface area contributed by atoms with Crippen LogP contribution in [-0.2, 0) is 9.53 Å². The Hall–Kier alpha value is -0.610. The molecular weight excluding hydrogens is 192 g/mol. The van der Waals surface area contributed by atoms with Gasteiger partial charge in [-0.15, -0.1) is 0 Å². The number of nitrogens with one attached hydrogen (secondary N) is 1. The Balaban J connectivity index is 3.23. The molecule has 0 aromatic carbocycles. The van der Waals surface area contributed by atoms with Crippen molar-refractivity contribution in [1.29, 1.82) is 0 Å². The second-order valence-corrected chi connectivity index (χ2v) is 4.35. The van der Waals surface area contributed by atoms with Gasteiger partial charge in [-0.2, -0.15) is 0 Å². The van der Waals surface area contributed by atoms with Crippen LogP contribution in [0.25, 0.3) is 0 Å². The Kier molecular flexibility index (Phi) is 8.33. The van der Waals surface area contributed by atoms with Crippen LogP contribution in [0, 0.1) is 5.92 Å². The number of rotatable bonds is 9. The van der Waals surface area contributed by atoms with Gasteiger partial charge < -0.3 is 15.8 Å². The smallest absolute Gasteiger partial charge is 0.243 e. The standard InChI is InChI=1S/C11H24N2O2/c1-9(2)4-5-10(3)13-6-7-15-8-11(12)14/h9-10,13H,4-8H2,1-3H3,(H2,12,14). The lowest BCUT2D eigenvalue weighted by molar-refractivity contribution is -0.122. The predicted molar refractivity (Wildman–Crippen MR) is 61.6 cm³/mol. The van der Waals surface area contributed by atoms with Crippen molar-refractivity contribution in [2.45, 2.75) is 39.7 Å². The zero-order chi connectivity index (χ0) is 11.7. The van der Waals surface area contributed by atoms with Crippen LogP contribution in [0.5, 0.6) is 0 Å². The summed E-state index contributed by atoms with van der Waals surface area (Å²) in [6, 6.07) is 0.504. The van der Waals surface area contributed by atoms with Crippen LogP contribution >= 0.6 is 0 Å².